The van der Waals surface area contributed by atoms with Gasteiger partial charge in [0.2, 0.25) is 0 Å². The van der Waals surface area contributed by atoms with Gasteiger partial charge in [0, 0.05) is 32.1 Å². The van der Waals surface area contributed by atoms with Crippen LogP contribution in [-0.2, 0) is 11.2 Å². The number of carbonyl (C=O) groups excluding carboxylic acids is 1. The fourth-order valence-electron chi connectivity index (χ4n) is 1.65. The highest BCUT2D eigenvalue weighted by Gasteiger charge is 2.21. The molecule has 78 valence electrons. The summed E-state index contributed by atoms with van der Waals surface area (Å²) in [4.78, 5) is 13.6. The molecule has 0 aromatic heterocycles. The van der Waals surface area contributed by atoms with E-state index < -0.39 is 0 Å². The lowest BCUT2D eigenvalue weighted by molar-refractivity contribution is -0.131. The molecule has 0 saturated heterocycles. The summed E-state index contributed by atoms with van der Waals surface area (Å²) < 4.78 is 5.01. The van der Waals surface area contributed by atoms with Crippen molar-refractivity contribution in [1.29, 1.82) is 0 Å². The van der Waals surface area contributed by atoms with Crippen LogP contribution in [0.15, 0.2) is 18.2 Å². The van der Waals surface area contributed by atoms with E-state index in [4.69, 9.17) is 17.0 Å². The zero-order chi connectivity index (χ0) is 11.0. The van der Waals surface area contributed by atoms with Crippen LogP contribution in [0.1, 0.15) is 12.5 Å². The molecule has 4 heteroatoms. The topological polar surface area (TPSA) is 29.5 Å². The molecule has 1 aliphatic rings. The first-order chi connectivity index (χ1) is 7.08. The van der Waals surface area contributed by atoms with Crippen molar-refractivity contribution in [2.45, 2.75) is 13.3 Å². The third-order valence-corrected chi connectivity index (χ3v) is 2.81. The van der Waals surface area contributed by atoms with Crippen LogP contribution >= 0.6 is 12.2 Å². The molecule has 0 unspecified atom stereocenters. The third kappa shape index (κ3) is 1.85. The van der Waals surface area contributed by atoms with Crippen LogP contribution in [0.25, 0.3) is 0 Å². The van der Waals surface area contributed by atoms with Gasteiger partial charge in [-0.05, 0) is 11.6 Å². The van der Waals surface area contributed by atoms with Crippen LogP contribution in [0.5, 0.6) is 5.75 Å². The summed E-state index contributed by atoms with van der Waals surface area (Å²) in [5.41, 5.74) is 2.21. The fourth-order valence-corrected chi connectivity index (χ4v) is 1.90. The van der Waals surface area contributed by atoms with E-state index in [1.165, 1.54) is 12.5 Å². The number of rotatable bonds is 1. The summed E-state index contributed by atoms with van der Waals surface area (Å²) in [5, 5.41) is 0. The summed E-state index contributed by atoms with van der Waals surface area (Å²) in [6.07, 6.45) is 0.793. The molecular formula is C11H11NO2S. The van der Waals surface area contributed by atoms with Crippen molar-refractivity contribution in [1.82, 2.24) is 0 Å². The Morgan fingerprint density at radius 2 is 2.27 bits per heavy atom. The number of anilines is 1. The zero-order valence-electron chi connectivity index (χ0n) is 8.61. The summed E-state index contributed by atoms with van der Waals surface area (Å²) in [6, 6.07) is 5.58. The molecule has 2 rings (SSSR count). The standard InChI is InChI=1S/C11H11NO2S/c1-7(13)14-9-4-3-8-5-11(15)12(2)10(8)6-9/h3-4,6H,5H2,1-2H3. The molecule has 0 radical (unpaired) electrons. The highest BCUT2D eigenvalue weighted by atomic mass is 32.1. The van der Waals surface area contributed by atoms with Crippen LogP contribution in [0.3, 0.4) is 0 Å². The molecule has 0 atom stereocenters. The number of likely N-dealkylation sites (N-methyl/N-ethyl adjacent to an activating group) is 1. The van der Waals surface area contributed by atoms with Crippen molar-refractivity contribution in [3.63, 3.8) is 0 Å². The summed E-state index contributed by atoms with van der Waals surface area (Å²) in [6.45, 7) is 1.39. The van der Waals surface area contributed by atoms with Gasteiger partial charge in [0.05, 0.1) is 4.99 Å². The summed E-state index contributed by atoms with van der Waals surface area (Å²) in [5.74, 6) is 0.260. The highest BCUT2D eigenvalue weighted by molar-refractivity contribution is 7.80. The Labute approximate surface area is 93.6 Å². The Morgan fingerprint density at radius 1 is 1.53 bits per heavy atom. The maximum atomic E-state index is 10.8. The lowest BCUT2D eigenvalue weighted by Gasteiger charge is -2.12. The molecular weight excluding hydrogens is 210 g/mol. The number of carbonyl (C=O) groups is 1. The first-order valence-corrected chi connectivity index (χ1v) is 5.06. The Kier molecular flexibility index (Phi) is 2.44. The monoisotopic (exact) mass is 221 g/mol. The van der Waals surface area contributed by atoms with Crippen LogP contribution < -0.4 is 9.64 Å². The fraction of sp³-hybridized carbons (Fsp3) is 0.273. The lowest BCUT2D eigenvalue weighted by atomic mass is 10.1. The van der Waals surface area contributed by atoms with E-state index in [9.17, 15) is 4.79 Å². The molecule has 0 spiro atoms. The Hall–Kier alpha value is -1.42. The van der Waals surface area contributed by atoms with Gasteiger partial charge in [0.25, 0.3) is 0 Å². The molecule has 3 nitrogen and oxygen atoms in total. The van der Waals surface area contributed by atoms with Crippen molar-refractivity contribution in [2.75, 3.05) is 11.9 Å². The first-order valence-electron chi connectivity index (χ1n) is 4.66. The van der Waals surface area contributed by atoms with Crippen molar-refractivity contribution in [2.24, 2.45) is 0 Å². The molecule has 0 fully saturated rings. The molecule has 0 saturated carbocycles. The van der Waals surface area contributed by atoms with Crippen molar-refractivity contribution < 1.29 is 9.53 Å². The van der Waals surface area contributed by atoms with E-state index >= 15 is 0 Å². The van der Waals surface area contributed by atoms with Crippen LogP contribution in [0, 0.1) is 0 Å². The van der Waals surface area contributed by atoms with Crippen molar-refractivity contribution in [3.8, 4) is 5.75 Å². The van der Waals surface area contributed by atoms with Gasteiger partial charge in [-0.3, -0.25) is 4.79 Å². The second-order valence-electron chi connectivity index (χ2n) is 3.51. The third-order valence-electron chi connectivity index (χ3n) is 2.40. The van der Waals surface area contributed by atoms with Gasteiger partial charge in [-0.2, -0.15) is 0 Å². The SMILES string of the molecule is CC(=O)Oc1ccc2c(c1)N(C)C(=S)C2. The number of fused-ring (bicyclic) bond motifs is 1. The smallest absolute Gasteiger partial charge is 0.308 e. The van der Waals surface area contributed by atoms with E-state index in [2.05, 4.69) is 0 Å². The van der Waals surface area contributed by atoms with E-state index in [-0.39, 0.29) is 5.97 Å². The molecule has 15 heavy (non-hydrogen) atoms. The number of thiocarbonyl (C=S) groups is 1. The Morgan fingerprint density at radius 3 is 2.93 bits per heavy atom. The van der Waals surface area contributed by atoms with Crippen LogP contribution in [-0.4, -0.2) is 18.0 Å². The van der Waals surface area contributed by atoms with Gasteiger partial charge >= 0.3 is 5.97 Å². The highest BCUT2D eigenvalue weighted by Crippen LogP contribution is 2.31. The van der Waals surface area contributed by atoms with E-state index in [1.807, 2.05) is 24.1 Å². The molecule has 0 bridgehead atoms. The van der Waals surface area contributed by atoms with Crippen LogP contribution in [0.2, 0.25) is 0 Å². The van der Waals surface area contributed by atoms with Gasteiger partial charge in [0.15, 0.2) is 0 Å². The predicted octanol–water partition coefficient (Wildman–Crippen LogP) is 1.93. The average Bonchev–Trinajstić information content (AvgIpc) is 2.43. The minimum absolute atomic E-state index is 0.307. The molecule has 1 aromatic rings. The van der Waals surface area contributed by atoms with Gasteiger partial charge in [-0.1, -0.05) is 18.3 Å². The molecule has 1 aromatic carbocycles. The zero-order valence-corrected chi connectivity index (χ0v) is 9.43. The predicted molar refractivity (Wildman–Crippen MR) is 62.5 cm³/mol. The molecule has 1 heterocycles. The Balaban J connectivity index is 2.35. The van der Waals surface area contributed by atoms with Gasteiger partial charge < -0.3 is 9.64 Å². The average molecular weight is 221 g/mol. The minimum Gasteiger partial charge on any atom is -0.427 e. The summed E-state index contributed by atoms with van der Waals surface area (Å²) >= 11 is 5.20. The molecule has 0 aliphatic carbocycles. The lowest BCUT2D eigenvalue weighted by Crippen LogP contribution is -2.18. The first kappa shape index (κ1) is 10.1. The number of hydrogen-bond donors (Lipinski definition) is 0. The normalized spacial score (nSPS) is 14.0. The van der Waals surface area contributed by atoms with Gasteiger partial charge in [-0.25, -0.2) is 0 Å². The molecule has 0 amide bonds. The maximum Gasteiger partial charge on any atom is 0.308 e. The van der Waals surface area contributed by atoms with E-state index in [0.717, 1.165) is 17.1 Å². The number of esters is 1. The minimum atomic E-state index is -0.307. The molecule has 0 N–H and O–H groups in total. The second kappa shape index (κ2) is 3.62. The number of nitrogens with zero attached hydrogens (tertiary/aromatic N) is 1. The van der Waals surface area contributed by atoms with E-state index in [0.29, 0.717) is 5.75 Å². The number of benzene rings is 1. The quantitative estimate of drug-likeness (QED) is 0.412. The van der Waals surface area contributed by atoms with Gasteiger partial charge in [-0.15, -0.1) is 0 Å². The largest absolute Gasteiger partial charge is 0.427 e. The maximum absolute atomic E-state index is 10.8. The van der Waals surface area contributed by atoms with Crippen LogP contribution in [0.4, 0.5) is 5.69 Å². The molecule has 1 aliphatic heterocycles. The Bertz CT molecular complexity index is 442. The van der Waals surface area contributed by atoms with E-state index in [1.54, 1.807) is 6.07 Å². The summed E-state index contributed by atoms with van der Waals surface area (Å²) in [7, 11) is 1.92. The van der Waals surface area contributed by atoms with Gasteiger partial charge in [0.1, 0.15) is 5.75 Å². The number of ether oxygens (including phenoxy) is 1. The number of hydrogen-bond acceptors (Lipinski definition) is 3. The second-order valence-corrected chi connectivity index (χ2v) is 3.98. The van der Waals surface area contributed by atoms with Crippen molar-refractivity contribution in [3.05, 3.63) is 23.8 Å². The van der Waals surface area contributed by atoms with Crippen molar-refractivity contribution >= 4 is 28.9 Å².